The van der Waals surface area contributed by atoms with Crippen LogP contribution in [-0.4, -0.2) is 58.3 Å². The van der Waals surface area contributed by atoms with Crippen molar-refractivity contribution in [1.82, 2.24) is 9.80 Å². The molecule has 0 saturated carbocycles. The van der Waals surface area contributed by atoms with Gasteiger partial charge in [-0.05, 0) is 53.6 Å². The second-order valence-corrected chi connectivity index (χ2v) is 7.80. The lowest BCUT2D eigenvalue weighted by molar-refractivity contribution is -0.0148. The molecule has 0 aromatic carbocycles. The molecule has 3 unspecified atom stereocenters. The number of nitrogens with zero attached hydrogens (tertiary/aromatic N) is 2. The van der Waals surface area contributed by atoms with Crippen LogP contribution in [0.3, 0.4) is 0 Å². The maximum Gasteiger partial charge on any atom is 0.0683 e. The molecule has 0 bridgehead atoms. The zero-order valence-electron chi connectivity index (χ0n) is 15.4. The first-order valence-corrected chi connectivity index (χ1v) is 8.89. The van der Waals surface area contributed by atoms with Crippen molar-refractivity contribution in [3.63, 3.8) is 0 Å². The molecule has 0 spiro atoms. The van der Waals surface area contributed by atoms with Gasteiger partial charge < -0.3 is 5.11 Å². The number of β-amino-alcohol motifs (C(OH)–C–C–N with tert-alkyl or cyclic N) is 1. The van der Waals surface area contributed by atoms with Crippen LogP contribution in [-0.2, 0) is 0 Å². The van der Waals surface area contributed by atoms with Crippen LogP contribution in [0.1, 0.15) is 73.6 Å². The van der Waals surface area contributed by atoms with E-state index in [-0.39, 0.29) is 17.2 Å². The Morgan fingerprint density at radius 3 is 2.24 bits per heavy atom. The molecule has 1 heterocycles. The predicted octanol–water partition coefficient (Wildman–Crippen LogP) is 3.51. The summed E-state index contributed by atoms with van der Waals surface area (Å²) in [5.74, 6) is 0. The molecule has 1 saturated heterocycles. The minimum atomic E-state index is -0.174. The van der Waals surface area contributed by atoms with Crippen molar-refractivity contribution >= 4 is 0 Å². The van der Waals surface area contributed by atoms with Crippen LogP contribution >= 0.6 is 0 Å². The standard InChI is InChI=1S/C18H38N2O/c1-8-11-12-18(9-2,19(7)10-3)16-13-15(21)14-20(16)17(4,5)6/h15-16,21H,8-14H2,1-7H3. The maximum absolute atomic E-state index is 10.3. The lowest BCUT2D eigenvalue weighted by Crippen LogP contribution is -2.62. The quantitative estimate of drug-likeness (QED) is 0.779. The van der Waals surface area contributed by atoms with Gasteiger partial charge in [-0.15, -0.1) is 0 Å². The lowest BCUT2D eigenvalue weighted by Gasteiger charge is -2.52. The number of aliphatic hydroxyl groups is 1. The SMILES string of the molecule is CCCCC(CC)(C1CC(O)CN1C(C)(C)C)N(C)CC. The van der Waals surface area contributed by atoms with Crippen molar-refractivity contribution in [2.75, 3.05) is 20.1 Å². The first kappa shape index (κ1) is 18.9. The lowest BCUT2D eigenvalue weighted by atomic mass is 9.78. The van der Waals surface area contributed by atoms with E-state index >= 15 is 0 Å². The minimum Gasteiger partial charge on any atom is -0.392 e. The molecule has 0 aliphatic carbocycles. The number of rotatable bonds is 7. The van der Waals surface area contributed by atoms with Crippen LogP contribution in [0.2, 0.25) is 0 Å². The van der Waals surface area contributed by atoms with Gasteiger partial charge >= 0.3 is 0 Å². The van der Waals surface area contributed by atoms with Gasteiger partial charge in [0.15, 0.2) is 0 Å². The summed E-state index contributed by atoms with van der Waals surface area (Å²) in [6.45, 7) is 15.6. The van der Waals surface area contributed by atoms with Gasteiger partial charge in [0.05, 0.1) is 6.10 Å². The largest absolute Gasteiger partial charge is 0.392 e. The molecule has 1 rings (SSSR count). The van der Waals surface area contributed by atoms with Crippen LogP contribution in [0.25, 0.3) is 0 Å². The molecule has 3 nitrogen and oxygen atoms in total. The van der Waals surface area contributed by atoms with E-state index in [9.17, 15) is 5.11 Å². The van der Waals surface area contributed by atoms with Gasteiger partial charge in [-0.1, -0.05) is 33.6 Å². The Morgan fingerprint density at radius 1 is 1.19 bits per heavy atom. The highest BCUT2D eigenvalue weighted by Crippen LogP contribution is 2.40. The van der Waals surface area contributed by atoms with Crippen molar-refractivity contribution in [3.05, 3.63) is 0 Å². The van der Waals surface area contributed by atoms with Gasteiger partial charge in [0, 0.05) is 23.7 Å². The van der Waals surface area contributed by atoms with Crippen LogP contribution < -0.4 is 0 Å². The summed E-state index contributed by atoms with van der Waals surface area (Å²) in [6.07, 6.45) is 5.63. The Bertz CT molecular complexity index is 313. The zero-order chi connectivity index (χ0) is 16.3. The molecule has 0 amide bonds. The number of aliphatic hydroxyl groups excluding tert-OH is 1. The van der Waals surface area contributed by atoms with E-state index in [4.69, 9.17) is 0 Å². The highest BCUT2D eigenvalue weighted by atomic mass is 16.3. The molecule has 1 N–H and O–H groups in total. The molecule has 126 valence electrons. The monoisotopic (exact) mass is 298 g/mol. The molecule has 3 heteroatoms. The highest BCUT2D eigenvalue weighted by molar-refractivity contribution is 5.06. The Morgan fingerprint density at radius 2 is 1.81 bits per heavy atom. The van der Waals surface area contributed by atoms with Crippen molar-refractivity contribution in [2.45, 2.75) is 96.9 Å². The van der Waals surface area contributed by atoms with Gasteiger partial charge in [-0.3, -0.25) is 9.80 Å². The fraction of sp³-hybridized carbons (Fsp3) is 1.00. The summed E-state index contributed by atoms with van der Waals surface area (Å²) in [6, 6.07) is 0.453. The first-order chi connectivity index (χ1) is 9.72. The number of hydrogen-bond donors (Lipinski definition) is 1. The van der Waals surface area contributed by atoms with Crippen LogP contribution in [0.5, 0.6) is 0 Å². The van der Waals surface area contributed by atoms with E-state index in [2.05, 4.69) is 58.4 Å². The Hall–Kier alpha value is -0.120. The van der Waals surface area contributed by atoms with E-state index < -0.39 is 0 Å². The zero-order valence-corrected chi connectivity index (χ0v) is 15.4. The number of hydrogen-bond acceptors (Lipinski definition) is 3. The smallest absolute Gasteiger partial charge is 0.0683 e. The van der Waals surface area contributed by atoms with Crippen molar-refractivity contribution in [3.8, 4) is 0 Å². The Labute approximate surface area is 132 Å². The summed E-state index contributed by atoms with van der Waals surface area (Å²) < 4.78 is 0. The van der Waals surface area contributed by atoms with Crippen molar-refractivity contribution in [2.24, 2.45) is 0 Å². The summed E-state index contributed by atoms with van der Waals surface area (Å²) >= 11 is 0. The van der Waals surface area contributed by atoms with Gasteiger partial charge in [0.25, 0.3) is 0 Å². The van der Waals surface area contributed by atoms with Crippen LogP contribution in [0, 0.1) is 0 Å². The van der Waals surface area contributed by atoms with Crippen LogP contribution in [0.4, 0.5) is 0 Å². The number of likely N-dealkylation sites (N-methyl/N-ethyl adjacent to an activating group) is 1. The molecular formula is C18H38N2O. The van der Waals surface area contributed by atoms with E-state index in [1.165, 1.54) is 19.3 Å². The average molecular weight is 299 g/mol. The third-order valence-corrected chi connectivity index (χ3v) is 5.57. The molecule has 1 aliphatic heterocycles. The summed E-state index contributed by atoms with van der Waals surface area (Å²) in [5, 5.41) is 10.3. The second-order valence-electron chi connectivity index (χ2n) is 7.80. The van der Waals surface area contributed by atoms with Gasteiger partial charge in [0.2, 0.25) is 0 Å². The van der Waals surface area contributed by atoms with Gasteiger partial charge in [-0.25, -0.2) is 0 Å². The summed E-state index contributed by atoms with van der Waals surface area (Å²) in [5.41, 5.74) is 0.304. The maximum atomic E-state index is 10.3. The van der Waals surface area contributed by atoms with Crippen LogP contribution in [0.15, 0.2) is 0 Å². The van der Waals surface area contributed by atoms with E-state index in [0.717, 1.165) is 25.9 Å². The average Bonchev–Trinajstić information content (AvgIpc) is 2.82. The Kier molecular flexibility index (Phi) is 6.70. The molecule has 1 fully saturated rings. The van der Waals surface area contributed by atoms with E-state index in [0.29, 0.717) is 6.04 Å². The third-order valence-electron chi connectivity index (χ3n) is 5.57. The fourth-order valence-electron chi connectivity index (χ4n) is 4.16. The summed E-state index contributed by atoms with van der Waals surface area (Å²) in [4.78, 5) is 5.10. The summed E-state index contributed by atoms with van der Waals surface area (Å²) in [7, 11) is 2.27. The first-order valence-electron chi connectivity index (χ1n) is 8.89. The molecule has 0 aromatic rings. The third kappa shape index (κ3) is 4.00. The number of likely N-dealkylation sites (tertiary alicyclic amines) is 1. The van der Waals surface area contributed by atoms with Crippen molar-refractivity contribution in [1.29, 1.82) is 0 Å². The molecule has 3 atom stereocenters. The fourth-order valence-corrected chi connectivity index (χ4v) is 4.16. The molecule has 1 aliphatic rings. The molecule has 0 aromatic heterocycles. The normalized spacial score (nSPS) is 27.3. The van der Waals surface area contributed by atoms with Gasteiger partial charge in [0.1, 0.15) is 0 Å². The molecular weight excluding hydrogens is 260 g/mol. The van der Waals surface area contributed by atoms with Gasteiger partial charge in [-0.2, -0.15) is 0 Å². The highest BCUT2D eigenvalue weighted by Gasteiger charge is 2.49. The number of unbranched alkanes of at least 4 members (excludes halogenated alkanes) is 1. The van der Waals surface area contributed by atoms with E-state index in [1.54, 1.807) is 0 Å². The second kappa shape index (κ2) is 7.43. The van der Waals surface area contributed by atoms with E-state index in [1.807, 2.05) is 0 Å². The minimum absolute atomic E-state index is 0.114. The predicted molar refractivity (Wildman–Crippen MR) is 91.7 cm³/mol. The van der Waals surface area contributed by atoms with Crippen molar-refractivity contribution < 1.29 is 5.11 Å². The molecule has 0 radical (unpaired) electrons. The molecule has 21 heavy (non-hydrogen) atoms. The Balaban J connectivity index is 3.15. The topological polar surface area (TPSA) is 26.7 Å².